The lowest BCUT2D eigenvalue weighted by Gasteiger charge is -2.07. The molecular weight excluding hydrogens is 226 g/mol. The molecule has 0 bridgehead atoms. The summed E-state index contributed by atoms with van der Waals surface area (Å²) in [6.07, 6.45) is 0.809. The average molecular weight is 243 g/mol. The molecule has 0 aliphatic heterocycles. The van der Waals surface area contributed by atoms with Crippen LogP contribution < -0.4 is 5.32 Å². The second-order valence-corrected chi connectivity index (χ2v) is 5.91. The van der Waals surface area contributed by atoms with Crippen LogP contribution in [0.4, 0.5) is 0 Å². The Labute approximate surface area is 96.2 Å². The molecule has 0 radical (unpaired) electrons. The van der Waals surface area contributed by atoms with Crippen LogP contribution in [0.3, 0.4) is 0 Å². The molecule has 0 saturated heterocycles. The quantitative estimate of drug-likeness (QED) is 0.793. The lowest BCUT2D eigenvalue weighted by Crippen LogP contribution is -2.23. The number of rotatable bonds is 5. The van der Waals surface area contributed by atoms with Crippen molar-refractivity contribution in [1.82, 2.24) is 5.32 Å². The van der Waals surface area contributed by atoms with Gasteiger partial charge in [0.15, 0.2) is 9.84 Å². The van der Waals surface area contributed by atoms with E-state index in [4.69, 9.17) is 5.11 Å². The van der Waals surface area contributed by atoms with Crippen molar-refractivity contribution in [3.05, 3.63) is 29.8 Å². The molecule has 0 spiro atoms. The fourth-order valence-electron chi connectivity index (χ4n) is 1.28. The second-order valence-electron chi connectivity index (χ2n) is 3.90. The minimum atomic E-state index is -3.11. The van der Waals surface area contributed by atoms with Gasteiger partial charge in [0.25, 0.3) is 0 Å². The van der Waals surface area contributed by atoms with Crippen molar-refractivity contribution >= 4 is 9.84 Å². The molecule has 90 valence electrons. The standard InChI is InChI=1S/C11H17NO3S/c1-9(13)7-12-8-10-3-5-11(6-4-10)16(2,14)15/h3-6,9,12-13H,7-8H2,1-2H3. The van der Waals surface area contributed by atoms with Crippen LogP contribution in [0.1, 0.15) is 12.5 Å². The van der Waals surface area contributed by atoms with Crippen molar-refractivity contribution in [2.24, 2.45) is 0 Å². The number of nitrogens with one attached hydrogen (secondary N) is 1. The lowest BCUT2D eigenvalue weighted by atomic mass is 10.2. The van der Waals surface area contributed by atoms with E-state index in [1.807, 2.05) is 0 Å². The first kappa shape index (κ1) is 13.2. The zero-order valence-corrected chi connectivity index (χ0v) is 10.3. The van der Waals surface area contributed by atoms with E-state index in [0.29, 0.717) is 18.0 Å². The molecule has 5 heteroatoms. The topological polar surface area (TPSA) is 66.4 Å². The minimum absolute atomic E-state index is 0.326. The molecule has 1 aromatic rings. The van der Waals surface area contributed by atoms with E-state index in [0.717, 1.165) is 5.56 Å². The first-order valence-corrected chi connectivity index (χ1v) is 6.96. The summed E-state index contributed by atoms with van der Waals surface area (Å²) in [7, 11) is -3.11. The summed E-state index contributed by atoms with van der Waals surface area (Å²) in [4.78, 5) is 0.326. The van der Waals surface area contributed by atoms with E-state index < -0.39 is 9.84 Å². The highest BCUT2D eigenvalue weighted by molar-refractivity contribution is 7.90. The number of hydrogen-bond donors (Lipinski definition) is 2. The number of sulfone groups is 1. The molecule has 4 nitrogen and oxygen atoms in total. The molecule has 0 aliphatic rings. The van der Waals surface area contributed by atoms with Crippen LogP contribution in [0.2, 0.25) is 0 Å². The number of hydrogen-bond acceptors (Lipinski definition) is 4. The largest absolute Gasteiger partial charge is 0.392 e. The fourth-order valence-corrected chi connectivity index (χ4v) is 1.91. The Hall–Kier alpha value is -0.910. The van der Waals surface area contributed by atoms with Crippen LogP contribution in [-0.4, -0.2) is 32.4 Å². The van der Waals surface area contributed by atoms with Crippen LogP contribution in [-0.2, 0) is 16.4 Å². The molecule has 0 fully saturated rings. The Bertz CT molecular complexity index is 423. The summed E-state index contributed by atoms with van der Waals surface area (Å²) < 4.78 is 22.4. The summed E-state index contributed by atoms with van der Waals surface area (Å²) in [5, 5.41) is 12.1. The van der Waals surface area contributed by atoms with Crippen molar-refractivity contribution in [2.45, 2.75) is 24.5 Å². The van der Waals surface area contributed by atoms with Crippen LogP contribution >= 0.6 is 0 Å². The summed E-state index contributed by atoms with van der Waals surface area (Å²) in [6.45, 7) is 2.85. The molecule has 1 unspecified atom stereocenters. The van der Waals surface area contributed by atoms with Crippen molar-refractivity contribution in [3.8, 4) is 0 Å². The van der Waals surface area contributed by atoms with E-state index >= 15 is 0 Å². The minimum Gasteiger partial charge on any atom is -0.392 e. The van der Waals surface area contributed by atoms with Crippen LogP contribution in [0, 0.1) is 0 Å². The molecule has 0 aliphatic carbocycles. The Morgan fingerprint density at radius 2 is 1.88 bits per heavy atom. The second kappa shape index (κ2) is 5.43. The maximum Gasteiger partial charge on any atom is 0.175 e. The van der Waals surface area contributed by atoms with Crippen LogP contribution in [0.15, 0.2) is 29.2 Å². The Morgan fingerprint density at radius 3 is 2.31 bits per heavy atom. The SMILES string of the molecule is CC(O)CNCc1ccc(S(C)(=O)=O)cc1. The first-order chi connectivity index (χ1) is 7.39. The van der Waals surface area contributed by atoms with Crippen molar-refractivity contribution in [3.63, 3.8) is 0 Å². The molecule has 16 heavy (non-hydrogen) atoms. The van der Waals surface area contributed by atoms with Gasteiger partial charge in [-0.1, -0.05) is 12.1 Å². The third-order valence-corrected chi connectivity index (χ3v) is 3.25. The Morgan fingerprint density at radius 1 is 1.31 bits per heavy atom. The van der Waals surface area contributed by atoms with E-state index in [1.165, 1.54) is 6.26 Å². The lowest BCUT2D eigenvalue weighted by molar-refractivity contribution is 0.191. The molecule has 0 saturated carbocycles. The zero-order valence-electron chi connectivity index (χ0n) is 9.47. The highest BCUT2D eigenvalue weighted by Crippen LogP contribution is 2.09. The van der Waals surface area contributed by atoms with E-state index in [-0.39, 0.29) is 6.10 Å². The van der Waals surface area contributed by atoms with Gasteiger partial charge in [-0.15, -0.1) is 0 Å². The molecule has 1 aromatic carbocycles. The zero-order chi connectivity index (χ0) is 12.2. The van der Waals surface area contributed by atoms with Gasteiger partial charge in [-0.05, 0) is 24.6 Å². The predicted molar refractivity (Wildman–Crippen MR) is 62.9 cm³/mol. The molecule has 0 amide bonds. The van der Waals surface area contributed by atoms with Crippen LogP contribution in [0.25, 0.3) is 0 Å². The summed E-state index contributed by atoms with van der Waals surface area (Å²) in [6, 6.07) is 6.72. The molecule has 1 atom stereocenters. The van der Waals surface area contributed by atoms with Gasteiger partial charge < -0.3 is 10.4 Å². The van der Waals surface area contributed by atoms with Gasteiger partial charge >= 0.3 is 0 Å². The van der Waals surface area contributed by atoms with Gasteiger partial charge in [-0.2, -0.15) is 0 Å². The van der Waals surface area contributed by atoms with E-state index in [9.17, 15) is 8.42 Å². The van der Waals surface area contributed by atoms with Gasteiger partial charge in [0, 0.05) is 19.3 Å². The summed E-state index contributed by atoms with van der Waals surface area (Å²) in [5.41, 5.74) is 0.994. The number of benzene rings is 1. The monoisotopic (exact) mass is 243 g/mol. The van der Waals surface area contributed by atoms with Crippen molar-refractivity contribution in [1.29, 1.82) is 0 Å². The molecule has 0 heterocycles. The smallest absolute Gasteiger partial charge is 0.175 e. The van der Waals surface area contributed by atoms with E-state index in [2.05, 4.69) is 5.32 Å². The van der Waals surface area contributed by atoms with E-state index in [1.54, 1.807) is 31.2 Å². The van der Waals surface area contributed by atoms with Gasteiger partial charge in [0.05, 0.1) is 11.0 Å². The van der Waals surface area contributed by atoms with Gasteiger partial charge in [-0.3, -0.25) is 0 Å². The summed E-state index contributed by atoms with van der Waals surface area (Å²) >= 11 is 0. The van der Waals surface area contributed by atoms with Crippen molar-refractivity contribution < 1.29 is 13.5 Å². The summed E-state index contributed by atoms with van der Waals surface area (Å²) in [5.74, 6) is 0. The maximum atomic E-state index is 11.2. The Balaban J connectivity index is 2.59. The third-order valence-electron chi connectivity index (χ3n) is 2.12. The highest BCUT2D eigenvalue weighted by Gasteiger charge is 2.05. The van der Waals surface area contributed by atoms with Gasteiger partial charge in [0.2, 0.25) is 0 Å². The fraction of sp³-hybridized carbons (Fsp3) is 0.455. The first-order valence-electron chi connectivity index (χ1n) is 5.07. The molecule has 0 aromatic heterocycles. The number of aliphatic hydroxyl groups excluding tert-OH is 1. The van der Waals surface area contributed by atoms with Gasteiger partial charge in [0.1, 0.15) is 0 Å². The average Bonchev–Trinajstić information content (AvgIpc) is 2.16. The maximum absolute atomic E-state index is 11.2. The van der Waals surface area contributed by atoms with Crippen LogP contribution in [0.5, 0.6) is 0 Å². The molecule has 2 N–H and O–H groups in total. The van der Waals surface area contributed by atoms with Gasteiger partial charge in [-0.25, -0.2) is 8.42 Å². The Kier molecular flexibility index (Phi) is 4.46. The number of aliphatic hydroxyl groups is 1. The molecule has 1 rings (SSSR count). The normalized spacial score (nSPS) is 13.7. The molecular formula is C11H17NO3S. The highest BCUT2D eigenvalue weighted by atomic mass is 32.2. The third kappa shape index (κ3) is 4.30. The predicted octanol–water partition coefficient (Wildman–Crippen LogP) is 0.560. The van der Waals surface area contributed by atoms with Crippen molar-refractivity contribution in [2.75, 3.05) is 12.8 Å².